The second-order valence-corrected chi connectivity index (χ2v) is 7.25. The number of ether oxygens (including phenoxy) is 2. The quantitative estimate of drug-likeness (QED) is 0.623. The number of hydrogen-bond donors (Lipinski definition) is 1. The van der Waals surface area contributed by atoms with Gasteiger partial charge in [-0.25, -0.2) is 4.98 Å². The highest BCUT2D eigenvalue weighted by Gasteiger charge is 2.24. The molecule has 3 aromatic rings. The first-order valence-electron chi connectivity index (χ1n) is 9.93. The molecule has 1 aromatic heterocycles. The summed E-state index contributed by atoms with van der Waals surface area (Å²) in [5.74, 6) is 0.000331. The van der Waals surface area contributed by atoms with Crippen molar-refractivity contribution >= 4 is 16.8 Å². The fourth-order valence-corrected chi connectivity index (χ4v) is 3.61. The van der Waals surface area contributed by atoms with E-state index in [-0.39, 0.29) is 29.9 Å². The number of carbonyl (C=O) groups is 1. The van der Waals surface area contributed by atoms with Crippen LogP contribution in [0.15, 0.2) is 53.3 Å². The lowest BCUT2D eigenvalue weighted by Crippen LogP contribution is -2.37. The van der Waals surface area contributed by atoms with Crippen molar-refractivity contribution in [3.63, 3.8) is 0 Å². The van der Waals surface area contributed by atoms with E-state index in [4.69, 9.17) is 4.74 Å². The average molecular weight is 429 g/mol. The summed E-state index contributed by atoms with van der Waals surface area (Å²) in [5, 5.41) is 0.470. The predicted molar refractivity (Wildman–Crippen MR) is 109 cm³/mol. The molecule has 0 bridgehead atoms. The summed E-state index contributed by atoms with van der Waals surface area (Å²) in [6.07, 6.45) is 1.63. The molecule has 4 rings (SSSR count). The summed E-state index contributed by atoms with van der Waals surface area (Å²) >= 11 is 0. The van der Waals surface area contributed by atoms with Crippen molar-refractivity contribution < 1.29 is 23.0 Å². The van der Waals surface area contributed by atoms with Crippen LogP contribution in [-0.2, 0) is 11.3 Å². The standard InChI is InChI=1S/C22H21F2N3O4/c23-22(24)31-15-9-7-14(8-10-15)21(29)27(12-16-4-3-11-30-16)13-19-25-18-6-2-1-5-17(18)20(28)26-19/h1-2,5-10,16,22H,3-4,11-13H2,(H,25,26,28). The lowest BCUT2D eigenvalue weighted by molar-refractivity contribution is -0.0498. The van der Waals surface area contributed by atoms with Gasteiger partial charge in [-0.15, -0.1) is 0 Å². The molecule has 9 heteroatoms. The van der Waals surface area contributed by atoms with Crippen LogP contribution < -0.4 is 10.3 Å². The number of amides is 1. The van der Waals surface area contributed by atoms with E-state index in [9.17, 15) is 18.4 Å². The van der Waals surface area contributed by atoms with Crippen LogP contribution in [0.5, 0.6) is 5.75 Å². The van der Waals surface area contributed by atoms with Gasteiger partial charge in [0.25, 0.3) is 11.5 Å². The third-order valence-electron chi connectivity index (χ3n) is 5.06. The molecule has 0 radical (unpaired) electrons. The first kappa shape index (κ1) is 20.9. The summed E-state index contributed by atoms with van der Waals surface area (Å²) in [5.41, 5.74) is 0.570. The Kier molecular flexibility index (Phi) is 6.22. The molecule has 1 N–H and O–H groups in total. The molecular weight excluding hydrogens is 408 g/mol. The Morgan fingerprint density at radius 1 is 1.23 bits per heavy atom. The number of H-pyrrole nitrogens is 1. The van der Waals surface area contributed by atoms with Crippen molar-refractivity contribution in [3.05, 3.63) is 70.3 Å². The van der Waals surface area contributed by atoms with Crippen molar-refractivity contribution in [1.29, 1.82) is 0 Å². The number of benzene rings is 2. The van der Waals surface area contributed by atoms with Crippen LogP contribution in [0.2, 0.25) is 0 Å². The van der Waals surface area contributed by atoms with Gasteiger partial charge >= 0.3 is 6.61 Å². The molecule has 1 amide bonds. The van der Waals surface area contributed by atoms with Crippen LogP contribution in [0, 0.1) is 0 Å². The lowest BCUT2D eigenvalue weighted by Gasteiger charge is -2.25. The SMILES string of the molecule is O=C(c1ccc(OC(F)F)cc1)N(Cc1nc2ccccc2c(=O)[nH]1)CC1CCCO1. The van der Waals surface area contributed by atoms with Crippen LogP contribution in [-0.4, -0.2) is 46.6 Å². The Morgan fingerprint density at radius 2 is 2.00 bits per heavy atom. The van der Waals surface area contributed by atoms with E-state index in [2.05, 4.69) is 14.7 Å². The molecule has 1 aliphatic rings. The molecule has 1 saturated heterocycles. The van der Waals surface area contributed by atoms with E-state index in [0.29, 0.717) is 35.4 Å². The van der Waals surface area contributed by atoms with Gasteiger partial charge in [-0.2, -0.15) is 8.78 Å². The van der Waals surface area contributed by atoms with Crippen LogP contribution >= 0.6 is 0 Å². The number of fused-ring (bicyclic) bond motifs is 1. The second kappa shape index (κ2) is 9.22. The number of rotatable bonds is 7. The lowest BCUT2D eigenvalue weighted by atomic mass is 10.1. The number of alkyl halides is 2. The molecule has 0 spiro atoms. The highest BCUT2D eigenvalue weighted by molar-refractivity contribution is 5.94. The first-order valence-corrected chi connectivity index (χ1v) is 9.93. The summed E-state index contributed by atoms with van der Waals surface area (Å²) in [4.78, 5) is 34.3. The number of nitrogens with one attached hydrogen (secondary N) is 1. The normalized spacial score (nSPS) is 16.0. The second-order valence-electron chi connectivity index (χ2n) is 7.25. The van der Waals surface area contributed by atoms with E-state index in [1.807, 2.05) is 0 Å². The summed E-state index contributed by atoms with van der Waals surface area (Å²) in [6.45, 7) is -1.90. The third kappa shape index (κ3) is 5.05. The Balaban J connectivity index is 1.59. The number of carbonyl (C=O) groups excluding carboxylic acids is 1. The van der Waals surface area contributed by atoms with Crippen molar-refractivity contribution in [2.45, 2.75) is 32.1 Å². The van der Waals surface area contributed by atoms with Gasteiger partial charge in [0.1, 0.15) is 11.6 Å². The summed E-state index contributed by atoms with van der Waals surface area (Å²) < 4.78 is 34.8. The van der Waals surface area contributed by atoms with Crippen LogP contribution in [0.3, 0.4) is 0 Å². The van der Waals surface area contributed by atoms with E-state index in [1.54, 1.807) is 29.2 Å². The molecule has 0 aliphatic carbocycles. The summed E-state index contributed by atoms with van der Waals surface area (Å²) in [7, 11) is 0. The largest absolute Gasteiger partial charge is 0.435 e. The fraction of sp³-hybridized carbons (Fsp3) is 0.318. The van der Waals surface area contributed by atoms with Crippen LogP contribution in [0.25, 0.3) is 10.9 Å². The number of nitrogens with zero attached hydrogens (tertiary/aromatic N) is 2. The Hall–Kier alpha value is -3.33. The maximum atomic E-state index is 13.2. The zero-order chi connectivity index (χ0) is 21.8. The predicted octanol–water partition coefficient (Wildman–Crippen LogP) is 3.35. The molecule has 1 unspecified atom stereocenters. The molecule has 2 heterocycles. The third-order valence-corrected chi connectivity index (χ3v) is 5.06. The van der Waals surface area contributed by atoms with E-state index in [0.717, 1.165) is 12.8 Å². The monoisotopic (exact) mass is 429 g/mol. The van der Waals surface area contributed by atoms with Crippen molar-refractivity contribution in [2.24, 2.45) is 0 Å². The van der Waals surface area contributed by atoms with E-state index < -0.39 is 6.61 Å². The number of aromatic amines is 1. The summed E-state index contributed by atoms with van der Waals surface area (Å²) in [6, 6.07) is 12.5. The van der Waals surface area contributed by atoms with Crippen LogP contribution in [0.4, 0.5) is 8.78 Å². The van der Waals surface area contributed by atoms with E-state index in [1.165, 1.54) is 24.3 Å². The van der Waals surface area contributed by atoms with Gasteiger partial charge in [0.05, 0.1) is 23.6 Å². The van der Waals surface area contributed by atoms with Gasteiger partial charge in [0, 0.05) is 18.7 Å². The van der Waals surface area contributed by atoms with Crippen molar-refractivity contribution in [1.82, 2.24) is 14.9 Å². The Morgan fingerprint density at radius 3 is 2.71 bits per heavy atom. The minimum absolute atomic E-state index is 0.0299. The number of halogens is 2. The highest BCUT2D eigenvalue weighted by atomic mass is 19.3. The van der Waals surface area contributed by atoms with Crippen molar-refractivity contribution in [2.75, 3.05) is 13.2 Å². The van der Waals surface area contributed by atoms with Gasteiger partial charge < -0.3 is 19.4 Å². The molecule has 2 aromatic carbocycles. The molecule has 1 fully saturated rings. The number of para-hydroxylation sites is 1. The molecule has 31 heavy (non-hydrogen) atoms. The molecule has 0 saturated carbocycles. The first-order chi connectivity index (χ1) is 15.0. The van der Waals surface area contributed by atoms with E-state index >= 15 is 0 Å². The van der Waals surface area contributed by atoms with Gasteiger partial charge in [-0.3, -0.25) is 9.59 Å². The molecule has 1 aliphatic heterocycles. The Bertz CT molecular complexity index is 1110. The van der Waals surface area contributed by atoms with Gasteiger partial charge in [-0.05, 0) is 49.2 Å². The smallest absolute Gasteiger partial charge is 0.387 e. The minimum Gasteiger partial charge on any atom is -0.435 e. The highest BCUT2D eigenvalue weighted by Crippen LogP contribution is 2.19. The van der Waals surface area contributed by atoms with Crippen LogP contribution in [0.1, 0.15) is 29.0 Å². The topological polar surface area (TPSA) is 84.5 Å². The zero-order valence-corrected chi connectivity index (χ0v) is 16.6. The average Bonchev–Trinajstić information content (AvgIpc) is 3.26. The zero-order valence-electron chi connectivity index (χ0n) is 16.6. The maximum absolute atomic E-state index is 13.2. The van der Waals surface area contributed by atoms with Gasteiger partial charge in [0.15, 0.2) is 0 Å². The fourth-order valence-electron chi connectivity index (χ4n) is 3.61. The molecule has 1 atom stereocenters. The Labute approximate surface area is 176 Å². The van der Waals surface area contributed by atoms with Crippen molar-refractivity contribution in [3.8, 4) is 5.75 Å². The number of hydrogen-bond acceptors (Lipinski definition) is 5. The molecule has 7 nitrogen and oxygen atoms in total. The maximum Gasteiger partial charge on any atom is 0.387 e. The van der Waals surface area contributed by atoms with Gasteiger partial charge in [-0.1, -0.05) is 12.1 Å². The minimum atomic E-state index is -2.94. The number of aromatic nitrogens is 2. The molecular formula is C22H21F2N3O4. The molecule has 162 valence electrons. The van der Waals surface area contributed by atoms with Gasteiger partial charge in [0.2, 0.25) is 0 Å².